The molecule has 2 rings (SSSR count). The first-order valence-electron chi connectivity index (χ1n) is 4.51. The molecule has 0 radical (unpaired) electrons. The van der Waals surface area contributed by atoms with Crippen molar-refractivity contribution >= 4 is 41.5 Å². The Labute approximate surface area is 101 Å². The van der Waals surface area contributed by atoms with Gasteiger partial charge in [0.1, 0.15) is 0 Å². The summed E-state index contributed by atoms with van der Waals surface area (Å²) < 4.78 is 2.15. The maximum atomic E-state index is 5.66. The highest BCUT2D eigenvalue weighted by Gasteiger charge is 2.00. The van der Waals surface area contributed by atoms with Crippen molar-refractivity contribution in [2.24, 2.45) is 0 Å². The first-order valence-corrected chi connectivity index (χ1v) is 4.51. The van der Waals surface area contributed by atoms with E-state index in [0.29, 0.717) is 0 Å². The van der Waals surface area contributed by atoms with Crippen LogP contribution in [0.5, 0.6) is 0 Å². The lowest BCUT2D eigenvalue weighted by Crippen LogP contribution is -1.93. The van der Waals surface area contributed by atoms with Gasteiger partial charge in [0.2, 0.25) is 0 Å². The van der Waals surface area contributed by atoms with Gasteiger partial charge in [0.05, 0.1) is 17.4 Å². The maximum Gasteiger partial charge on any atom is 0.0958 e. The fourth-order valence-corrected chi connectivity index (χ4v) is 1.50. The molecule has 1 heterocycles. The average Bonchev–Trinajstić information content (AvgIpc) is 2.49. The van der Waals surface area contributed by atoms with E-state index in [-0.39, 0.29) is 24.8 Å². The Morgan fingerprint density at radius 2 is 2.07 bits per heavy atom. The first-order chi connectivity index (χ1) is 6.31. The maximum absolute atomic E-state index is 5.66. The van der Waals surface area contributed by atoms with E-state index in [9.17, 15) is 0 Å². The third kappa shape index (κ3) is 2.76. The third-order valence-corrected chi connectivity index (χ3v) is 2.11. The Kier molecular flexibility index (Phi) is 5.47. The van der Waals surface area contributed by atoms with Gasteiger partial charge < -0.3 is 10.3 Å². The summed E-state index contributed by atoms with van der Waals surface area (Å²) in [7, 11) is 0. The highest BCUT2D eigenvalue weighted by Crippen LogP contribution is 2.15. The molecule has 0 bridgehead atoms. The monoisotopic (exact) mass is 247 g/mol. The SMILES string of the molecule is CCCn1cnc2cc(N)ccc21.Cl.Cl. The fourth-order valence-electron chi connectivity index (χ4n) is 1.50. The van der Waals surface area contributed by atoms with Crippen LogP contribution in [0.3, 0.4) is 0 Å². The van der Waals surface area contributed by atoms with E-state index in [0.717, 1.165) is 29.7 Å². The van der Waals surface area contributed by atoms with Gasteiger partial charge in [0.15, 0.2) is 0 Å². The van der Waals surface area contributed by atoms with Crippen LogP contribution < -0.4 is 5.73 Å². The van der Waals surface area contributed by atoms with Crippen LogP contribution in [0, 0.1) is 0 Å². The van der Waals surface area contributed by atoms with Crippen LogP contribution in [0.1, 0.15) is 13.3 Å². The van der Waals surface area contributed by atoms with E-state index in [1.807, 2.05) is 24.5 Å². The standard InChI is InChI=1S/C10H13N3.2ClH/c1-2-5-13-7-12-9-6-8(11)3-4-10(9)13;;/h3-4,6-7H,2,5,11H2,1H3;2*1H. The number of aryl methyl sites for hydroxylation is 1. The summed E-state index contributed by atoms with van der Waals surface area (Å²) in [6, 6.07) is 5.84. The molecule has 1 aromatic carbocycles. The molecule has 0 amide bonds. The number of nitrogens with two attached hydrogens (primary N) is 1. The lowest BCUT2D eigenvalue weighted by molar-refractivity contribution is 0.697. The van der Waals surface area contributed by atoms with Crippen molar-refractivity contribution in [1.29, 1.82) is 0 Å². The number of hydrogen-bond donors (Lipinski definition) is 1. The fraction of sp³-hybridized carbons (Fsp3) is 0.300. The topological polar surface area (TPSA) is 43.8 Å². The van der Waals surface area contributed by atoms with Crippen molar-refractivity contribution in [3.05, 3.63) is 24.5 Å². The minimum atomic E-state index is 0. The summed E-state index contributed by atoms with van der Waals surface area (Å²) in [6.07, 6.45) is 2.99. The Morgan fingerprint density at radius 3 is 2.73 bits per heavy atom. The summed E-state index contributed by atoms with van der Waals surface area (Å²) in [5, 5.41) is 0. The molecule has 0 fully saturated rings. The zero-order chi connectivity index (χ0) is 9.26. The molecule has 2 N–H and O–H groups in total. The van der Waals surface area contributed by atoms with Gasteiger partial charge in [0.25, 0.3) is 0 Å². The Balaban J connectivity index is 0.000000980. The van der Waals surface area contributed by atoms with Crippen molar-refractivity contribution in [2.45, 2.75) is 19.9 Å². The molecule has 0 aliphatic carbocycles. The van der Waals surface area contributed by atoms with Gasteiger partial charge in [-0.15, -0.1) is 24.8 Å². The van der Waals surface area contributed by atoms with Crippen LogP contribution in [0.4, 0.5) is 5.69 Å². The number of rotatable bonds is 2. The second-order valence-corrected chi connectivity index (χ2v) is 3.19. The molecule has 0 spiro atoms. The van der Waals surface area contributed by atoms with Gasteiger partial charge >= 0.3 is 0 Å². The number of nitrogens with zero attached hydrogens (tertiary/aromatic N) is 2. The second-order valence-electron chi connectivity index (χ2n) is 3.19. The first kappa shape index (κ1) is 14.1. The zero-order valence-corrected chi connectivity index (χ0v) is 10.1. The van der Waals surface area contributed by atoms with Crippen molar-refractivity contribution in [2.75, 3.05) is 5.73 Å². The number of benzene rings is 1. The van der Waals surface area contributed by atoms with Crippen LogP contribution >= 0.6 is 24.8 Å². The zero-order valence-electron chi connectivity index (χ0n) is 8.51. The number of anilines is 1. The lowest BCUT2D eigenvalue weighted by Gasteiger charge is -2.00. The summed E-state index contributed by atoms with van der Waals surface area (Å²) in [4.78, 5) is 4.28. The normalized spacial score (nSPS) is 9.40. The lowest BCUT2D eigenvalue weighted by atomic mass is 10.3. The van der Waals surface area contributed by atoms with Crippen molar-refractivity contribution in [3.63, 3.8) is 0 Å². The summed E-state index contributed by atoms with van der Waals surface area (Å²) in [5.41, 5.74) is 8.57. The molecule has 0 saturated heterocycles. The van der Waals surface area contributed by atoms with Gasteiger partial charge in [-0.2, -0.15) is 0 Å². The molecule has 0 aliphatic rings. The molecule has 1 aromatic heterocycles. The van der Waals surface area contributed by atoms with Crippen LogP contribution in [0.15, 0.2) is 24.5 Å². The highest BCUT2D eigenvalue weighted by atomic mass is 35.5. The Bertz CT molecular complexity index is 426. The van der Waals surface area contributed by atoms with Gasteiger partial charge in [-0.3, -0.25) is 0 Å². The quantitative estimate of drug-likeness (QED) is 0.830. The molecular formula is C10H15Cl2N3. The van der Waals surface area contributed by atoms with E-state index in [4.69, 9.17) is 5.73 Å². The van der Waals surface area contributed by atoms with Crippen molar-refractivity contribution in [1.82, 2.24) is 9.55 Å². The second kappa shape index (κ2) is 5.83. The molecule has 5 heteroatoms. The number of hydrogen-bond acceptors (Lipinski definition) is 2. The number of halogens is 2. The van der Waals surface area contributed by atoms with Gasteiger partial charge in [-0.1, -0.05) is 6.92 Å². The smallest absolute Gasteiger partial charge is 0.0958 e. The minimum absolute atomic E-state index is 0. The van der Waals surface area contributed by atoms with Crippen LogP contribution in [0.25, 0.3) is 11.0 Å². The molecule has 2 aromatic rings. The van der Waals surface area contributed by atoms with Crippen LogP contribution in [-0.2, 0) is 6.54 Å². The Hall–Kier alpha value is -0.930. The van der Waals surface area contributed by atoms with Gasteiger partial charge in [-0.05, 0) is 24.6 Å². The van der Waals surface area contributed by atoms with Gasteiger partial charge in [-0.25, -0.2) is 4.98 Å². The number of fused-ring (bicyclic) bond motifs is 1. The predicted molar refractivity (Wildman–Crippen MR) is 68.9 cm³/mol. The molecule has 0 unspecified atom stereocenters. The molecular weight excluding hydrogens is 233 g/mol. The van der Waals surface area contributed by atoms with E-state index in [1.54, 1.807) is 0 Å². The molecule has 0 aliphatic heterocycles. The average molecular weight is 248 g/mol. The number of nitrogen functional groups attached to an aromatic ring is 1. The minimum Gasteiger partial charge on any atom is -0.399 e. The molecule has 0 saturated carbocycles. The van der Waals surface area contributed by atoms with E-state index in [1.165, 1.54) is 0 Å². The Morgan fingerprint density at radius 1 is 1.33 bits per heavy atom. The van der Waals surface area contributed by atoms with Crippen LogP contribution in [0.2, 0.25) is 0 Å². The molecule has 15 heavy (non-hydrogen) atoms. The van der Waals surface area contributed by atoms with E-state index < -0.39 is 0 Å². The predicted octanol–water partition coefficient (Wildman–Crippen LogP) is 2.87. The molecule has 3 nitrogen and oxygen atoms in total. The molecule has 84 valence electrons. The molecule has 0 atom stereocenters. The largest absolute Gasteiger partial charge is 0.399 e. The number of aromatic nitrogens is 2. The summed E-state index contributed by atoms with van der Waals surface area (Å²) >= 11 is 0. The summed E-state index contributed by atoms with van der Waals surface area (Å²) in [5.74, 6) is 0. The van der Waals surface area contributed by atoms with Gasteiger partial charge in [0, 0.05) is 12.2 Å². The van der Waals surface area contributed by atoms with Crippen molar-refractivity contribution in [3.8, 4) is 0 Å². The summed E-state index contributed by atoms with van der Waals surface area (Å²) in [6.45, 7) is 3.17. The van der Waals surface area contributed by atoms with Crippen LogP contribution in [-0.4, -0.2) is 9.55 Å². The van der Waals surface area contributed by atoms with Crippen molar-refractivity contribution < 1.29 is 0 Å². The number of imidazole rings is 1. The van der Waals surface area contributed by atoms with E-state index >= 15 is 0 Å². The highest BCUT2D eigenvalue weighted by molar-refractivity contribution is 5.85. The van der Waals surface area contributed by atoms with E-state index in [2.05, 4.69) is 16.5 Å². The third-order valence-electron chi connectivity index (χ3n) is 2.11.